The van der Waals surface area contributed by atoms with Gasteiger partial charge in [0.15, 0.2) is 0 Å². The van der Waals surface area contributed by atoms with E-state index in [1.165, 1.54) is 16.7 Å². The van der Waals surface area contributed by atoms with Gasteiger partial charge in [0.1, 0.15) is 0 Å². The fourth-order valence-corrected chi connectivity index (χ4v) is 2.56. The molecule has 1 heterocycles. The number of allylic oxidation sites excluding steroid dienone is 4. The van der Waals surface area contributed by atoms with Crippen LogP contribution in [0.3, 0.4) is 0 Å². The highest BCUT2D eigenvalue weighted by atomic mass is 14.9. The molecule has 1 N–H and O–H groups in total. The zero-order valence-electron chi connectivity index (χ0n) is 11.3. The van der Waals surface area contributed by atoms with Gasteiger partial charge in [-0.05, 0) is 36.1 Å². The maximum atomic E-state index is 3.83. The lowest BCUT2D eigenvalue weighted by Gasteiger charge is -2.29. The van der Waals surface area contributed by atoms with Gasteiger partial charge in [0.2, 0.25) is 0 Å². The van der Waals surface area contributed by atoms with Crippen LogP contribution in [0.2, 0.25) is 0 Å². The van der Waals surface area contributed by atoms with Crippen LogP contribution >= 0.6 is 0 Å². The third-order valence-corrected chi connectivity index (χ3v) is 3.43. The number of hydrogen-bond acceptors (Lipinski definition) is 1. The first-order chi connectivity index (χ1) is 9.35. The summed E-state index contributed by atoms with van der Waals surface area (Å²) >= 11 is 0. The van der Waals surface area contributed by atoms with Gasteiger partial charge in [-0.25, -0.2) is 0 Å². The van der Waals surface area contributed by atoms with E-state index in [0.717, 1.165) is 19.4 Å². The molecule has 0 spiro atoms. The Balaban J connectivity index is 2.22. The molecule has 0 saturated carbocycles. The van der Waals surface area contributed by atoms with E-state index in [1.54, 1.807) is 0 Å². The summed E-state index contributed by atoms with van der Waals surface area (Å²) < 4.78 is 0. The minimum atomic E-state index is 0.361. The molecule has 1 fully saturated rings. The zero-order valence-corrected chi connectivity index (χ0v) is 11.3. The Bertz CT molecular complexity index is 494. The van der Waals surface area contributed by atoms with Crippen LogP contribution in [0.1, 0.15) is 12.0 Å². The van der Waals surface area contributed by atoms with Crippen molar-refractivity contribution in [2.75, 3.05) is 6.54 Å². The molecule has 1 aliphatic rings. The van der Waals surface area contributed by atoms with E-state index in [-0.39, 0.29) is 0 Å². The van der Waals surface area contributed by atoms with Crippen LogP contribution in [-0.2, 0) is 6.42 Å². The summed E-state index contributed by atoms with van der Waals surface area (Å²) in [5.74, 6) is 0. The quantitative estimate of drug-likeness (QED) is 0.858. The lowest BCUT2D eigenvalue weighted by Crippen LogP contribution is -2.38. The summed E-state index contributed by atoms with van der Waals surface area (Å²) in [6, 6.07) is 11.0. The van der Waals surface area contributed by atoms with Gasteiger partial charge in [-0.1, -0.05) is 67.8 Å². The van der Waals surface area contributed by atoms with Crippen molar-refractivity contribution in [3.05, 3.63) is 84.5 Å². The van der Waals surface area contributed by atoms with Crippen LogP contribution in [-0.4, -0.2) is 12.6 Å². The molecule has 98 valence electrons. The highest BCUT2D eigenvalue weighted by Crippen LogP contribution is 2.24. The maximum Gasteiger partial charge on any atom is 0.0363 e. The Morgan fingerprint density at radius 1 is 1.11 bits per heavy atom. The Hall–Kier alpha value is -1.86. The molecule has 1 nitrogen and oxygen atoms in total. The first-order valence-corrected chi connectivity index (χ1v) is 6.77. The van der Waals surface area contributed by atoms with Crippen LogP contribution in [0.4, 0.5) is 0 Å². The van der Waals surface area contributed by atoms with Crippen molar-refractivity contribution < 1.29 is 0 Å². The molecular weight excluding hydrogens is 230 g/mol. The van der Waals surface area contributed by atoms with Gasteiger partial charge in [0.05, 0.1) is 0 Å². The summed E-state index contributed by atoms with van der Waals surface area (Å²) in [6.45, 7) is 8.66. The van der Waals surface area contributed by atoms with Crippen molar-refractivity contribution in [1.29, 1.82) is 0 Å². The fourth-order valence-electron chi connectivity index (χ4n) is 2.56. The maximum absolute atomic E-state index is 3.83. The second kappa shape index (κ2) is 6.91. The first kappa shape index (κ1) is 13.6. The first-order valence-electron chi connectivity index (χ1n) is 6.77. The topological polar surface area (TPSA) is 12.0 Å². The molecular formula is C18H21N. The van der Waals surface area contributed by atoms with Crippen LogP contribution in [0, 0.1) is 0 Å². The lowest BCUT2D eigenvalue weighted by atomic mass is 9.87. The fraction of sp³-hybridized carbons (Fsp3) is 0.222. The molecule has 1 atom stereocenters. The normalized spacial score (nSPS) is 23.5. The van der Waals surface area contributed by atoms with Crippen molar-refractivity contribution in [3.8, 4) is 0 Å². The van der Waals surface area contributed by atoms with Crippen molar-refractivity contribution in [2.45, 2.75) is 18.9 Å². The van der Waals surface area contributed by atoms with E-state index >= 15 is 0 Å². The molecule has 0 bridgehead atoms. The molecule has 1 heteroatoms. The molecule has 1 aliphatic heterocycles. The van der Waals surface area contributed by atoms with E-state index in [2.05, 4.69) is 61.0 Å². The minimum Gasteiger partial charge on any atom is -0.309 e. The summed E-state index contributed by atoms with van der Waals surface area (Å²) in [4.78, 5) is 0. The number of benzene rings is 1. The summed E-state index contributed by atoms with van der Waals surface area (Å²) in [5, 5.41) is 3.60. The average molecular weight is 251 g/mol. The van der Waals surface area contributed by atoms with Gasteiger partial charge >= 0.3 is 0 Å². The molecule has 1 aromatic carbocycles. The molecule has 1 aromatic rings. The summed E-state index contributed by atoms with van der Waals surface area (Å²) in [6.07, 6.45) is 10.0. The van der Waals surface area contributed by atoms with Gasteiger partial charge in [-0.2, -0.15) is 0 Å². The Kier molecular flexibility index (Phi) is 4.93. The van der Waals surface area contributed by atoms with Crippen molar-refractivity contribution in [3.63, 3.8) is 0 Å². The third kappa shape index (κ3) is 3.55. The number of rotatable bonds is 4. The SMILES string of the molecule is C=C/C=C1/CCN[C@@H](Cc2ccccc2)/C1=C/C=C. The van der Waals surface area contributed by atoms with Crippen molar-refractivity contribution >= 4 is 0 Å². The lowest BCUT2D eigenvalue weighted by molar-refractivity contribution is 0.535. The van der Waals surface area contributed by atoms with Gasteiger partial charge < -0.3 is 5.32 Å². The highest BCUT2D eigenvalue weighted by Gasteiger charge is 2.21. The third-order valence-electron chi connectivity index (χ3n) is 3.43. The Morgan fingerprint density at radius 3 is 2.53 bits per heavy atom. The van der Waals surface area contributed by atoms with Gasteiger partial charge in [-0.3, -0.25) is 0 Å². The molecule has 0 aromatic heterocycles. The van der Waals surface area contributed by atoms with E-state index < -0.39 is 0 Å². The van der Waals surface area contributed by atoms with Crippen LogP contribution in [0.15, 0.2) is 78.9 Å². The standard InChI is InChI=1S/C18H21N/c1-3-8-16-12-13-19-18(17(16)9-4-2)14-15-10-6-5-7-11-15/h3-11,18-19H,1-2,12-14H2/b16-8-,17-9+/t18-/m0/s1. The van der Waals surface area contributed by atoms with Crippen LogP contribution < -0.4 is 5.32 Å². The molecule has 0 aliphatic carbocycles. The summed E-state index contributed by atoms with van der Waals surface area (Å²) in [5.41, 5.74) is 4.06. The molecule has 0 unspecified atom stereocenters. The van der Waals surface area contributed by atoms with Gasteiger partial charge in [0, 0.05) is 6.04 Å². The second-order valence-corrected chi connectivity index (χ2v) is 4.73. The number of hydrogen-bond donors (Lipinski definition) is 1. The van der Waals surface area contributed by atoms with Crippen molar-refractivity contribution in [2.24, 2.45) is 0 Å². The molecule has 1 saturated heterocycles. The van der Waals surface area contributed by atoms with Crippen LogP contribution in [0.5, 0.6) is 0 Å². The molecule has 19 heavy (non-hydrogen) atoms. The van der Waals surface area contributed by atoms with Crippen LogP contribution in [0.25, 0.3) is 0 Å². The minimum absolute atomic E-state index is 0.361. The molecule has 2 rings (SSSR count). The predicted molar refractivity (Wildman–Crippen MR) is 83.1 cm³/mol. The molecule has 0 amide bonds. The largest absolute Gasteiger partial charge is 0.309 e. The zero-order chi connectivity index (χ0) is 13.5. The van der Waals surface area contributed by atoms with Crippen molar-refractivity contribution in [1.82, 2.24) is 5.32 Å². The van der Waals surface area contributed by atoms with E-state index in [4.69, 9.17) is 0 Å². The second-order valence-electron chi connectivity index (χ2n) is 4.73. The molecule has 0 radical (unpaired) electrons. The Morgan fingerprint density at radius 2 is 1.84 bits per heavy atom. The summed E-state index contributed by atoms with van der Waals surface area (Å²) in [7, 11) is 0. The number of piperidine rings is 1. The Labute approximate surface area is 116 Å². The van der Waals surface area contributed by atoms with Gasteiger partial charge in [-0.15, -0.1) is 0 Å². The predicted octanol–water partition coefficient (Wildman–Crippen LogP) is 3.82. The van der Waals surface area contributed by atoms with E-state index in [1.807, 2.05) is 12.2 Å². The van der Waals surface area contributed by atoms with E-state index in [0.29, 0.717) is 6.04 Å². The van der Waals surface area contributed by atoms with E-state index in [9.17, 15) is 0 Å². The number of nitrogens with one attached hydrogen (secondary N) is 1. The van der Waals surface area contributed by atoms with Gasteiger partial charge in [0.25, 0.3) is 0 Å². The monoisotopic (exact) mass is 251 g/mol. The smallest absolute Gasteiger partial charge is 0.0363 e. The highest BCUT2D eigenvalue weighted by molar-refractivity contribution is 5.42. The average Bonchev–Trinajstić information content (AvgIpc) is 2.44.